The zero-order valence-electron chi connectivity index (χ0n) is 15.5. The van der Waals surface area contributed by atoms with Crippen LogP contribution in [0.3, 0.4) is 0 Å². The molecule has 2 rings (SSSR count). The van der Waals surface area contributed by atoms with E-state index in [9.17, 15) is 0 Å². The first kappa shape index (κ1) is 22.2. The quantitative estimate of drug-likeness (QED) is 0.356. The van der Waals surface area contributed by atoms with Crippen LogP contribution in [0.2, 0.25) is 0 Å². The van der Waals surface area contributed by atoms with E-state index < -0.39 is 0 Å². The Kier molecular flexibility index (Phi) is 9.78. The van der Waals surface area contributed by atoms with Gasteiger partial charge in [-0.05, 0) is 44.6 Å². The van der Waals surface area contributed by atoms with Crippen LogP contribution in [-0.2, 0) is 0 Å². The van der Waals surface area contributed by atoms with Gasteiger partial charge in [-0.15, -0.1) is 24.0 Å². The third-order valence-electron chi connectivity index (χ3n) is 4.09. The molecular formula is C18H30IN3O2S. The summed E-state index contributed by atoms with van der Waals surface area (Å²) in [5.74, 6) is 3.69. The highest BCUT2D eigenvalue weighted by Gasteiger charge is 2.29. The summed E-state index contributed by atoms with van der Waals surface area (Å²) in [5, 5.41) is 6.76. The summed E-state index contributed by atoms with van der Waals surface area (Å²) in [6, 6.07) is 7.66. The molecule has 0 radical (unpaired) electrons. The van der Waals surface area contributed by atoms with E-state index in [1.54, 1.807) is 14.2 Å². The first-order chi connectivity index (χ1) is 11.5. The Bertz CT molecular complexity index is 551. The number of nitrogens with zero attached hydrogens (tertiary/aromatic N) is 1. The smallest absolute Gasteiger partial charge is 0.191 e. The van der Waals surface area contributed by atoms with Crippen LogP contribution in [0.5, 0.6) is 11.5 Å². The number of hydrogen-bond donors (Lipinski definition) is 2. The van der Waals surface area contributed by atoms with Gasteiger partial charge in [-0.25, -0.2) is 0 Å². The molecule has 1 heterocycles. The third kappa shape index (κ3) is 7.52. The van der Waals surface area contributed by atoms with Crippen molar-refractivity contribution >= 4 is 41.7 Å². The second kappa shape index (κ2) is 11.0. The average Bonchev–Trinajstić information content (AvgIpc) is 3.02. The molecule has 2 N–H and O–H groups in total. The summed E-state index contributed by atoms with van der Waals surface area (Å²) >= 11 is 2.04. The van der Waals surface area contributed by atoms with Gasteiger partial charge < -0.3 is 20.1 Å². The summed E-state index contributed by atoms with van der Waals surface area (Å²) in [4.78, 5) is 4.30. The Morgan fingerprint density at radius 1 is 1.36 bits per heavy atom. The molecule has 1 aromatic carbocycles. The summed E-state index contributed by atoms with van der Waals surface area (Å²) in [6.45, 7) is 5.97. The van der Waals surface area contributed by atoms with E-state index >= 15 is 0 Å². The number of thioether (sulfide) groups is 1. The summed E-state index contributed by atoms with van der Waals surface area (Å²) < 4.78 is 11.5. The lowest BCUT2D eigenvalue weighted by Gasteiger charge is -2.25. The second-order valence-corrected chi connectivity index (χ2v) is 8.00. The van der Waals surface area contributed by atoms with E-state index in [1.165, 1.54) is 18.6 Å². The highest BCUT2D eigenvalue weighted by atomic mass is 127. The van der Waals surface area contributed by atoms with Gasteiger partial charge in [-0.2, -0.15) is 11.8 Å². The average molecular weight is 479 g/mol. The predicted molar refractivity (Wildman–Crippen MR) is 118 cm³/mol. The van der Waals surface area contributed by atoms with E-state index in [2.05, 4.69) is 22.5 Å². The number of methoxy groups -OCH3 is 1. The fourth-order valence-corrected chi connectivity index (χ4v) is 3.90. The molecular weight excluding hydrogens is 449 g/mol. The van der Waals surface area contributed by atoms with Crippen LogP contribution in [0.15, 0.2) is 29.3 Å². The molecule has 0 aromatic heterocycles. The monoisotopic (exact) mass is 479 g/mol. The number of aliphatic imine (C=N–C) groups is 1. The molecule has 0 aliphatic carbocycles. The van der Waals surface area contributed by atoms with E-state index in [4.69, 9.17) is 9.47 Å². The molecule has 7 heteroatoms. The van der Waals surface area contributed by atoms with Crippen LogP contribution in [0.4, 0.5) is 0 Å². The Morgan fingerprint density at radius 2 is 2.12 bits per heavy atom. The van der Waals surface area contributed by atoms with Crippen LogP contribution >= 0.6 is 35.7 Å². The number of halogens is 1. The third-order valence-corrected chi connectivity index (χ3v) is 5.63. The topological polar surface area (TPSA) is 54.9 Å². The van der Waals surface area contributed by atoms with Gasteiger partial charge >= 0.3 is 0 Å². The standard InChI is InChI=1S/C18H29N3O2S.HI/c1-14(23-16-8-5-7-15(11-16)22-4)12-20-17(19-3)21-13-18(2)9-6-10-24-18;/h5,7-8,11,14H,6,9-10,12-13H2,1-4H3,(H2,19,20,21);1H. The maximum atomic E-state index is 5.92. The maximum Gasteiger partial charge on any atom is 0.191 e. The minimum atomic E-state index is 0. The van der Waals surface area contributed by atoms with Crippen molar-refractivity contribution in [3.05, 3.63) is 24.3 Å². The molecule has 25 heavy (non-hydrogen) atoms. The lowest BCUT2D eigenvalue weighted by atomic mass is 10.1. The molecule has 2 unspecified atom stereocenters. The molecule has 142 valence electrons. The molecule has 0 saturated carbocycles. The molecule has 0 bridgehead atoms. The van der Waals surface area contributed by atoms with Crippen molar-refractivity contribution in [3.63, 3.8) is 0 Å². The lowest BCUT2D eigenvalue weighted by Crippen LogP contribution is -2.46. The van der Waals surface area contributed by atoms with Gasteiger partial charge in [-0.3, -0.25) is 4.99 Å². The Labute approximate surface area is 172 Å². The van der Waals surface area contributed by atoms with Crippen LogP contribution in [0.25, 0.3) is 0 Å². The summed E-state index contributed by atoms with van der Waals surface area (Å²) in [5.41, 5.74) is 0. The van der Waals surface area contributed by atoms with Crippen molar-refractivity contribution in [3.8, 4) is 11.5 Å². The zero-order chi connectivity index (χ0) is 17.4. The molecule has 2 atom stereocenters. The number of ether oxygens (including phenoxy) is 2. The van der Waals surface area contributed by atoms with Crippen LogP contribution in [0.1, 0.15) is 26.7 Å². The second-order valence-electron chi connectivity index (χ2n) is 6.32. The van der Waals surface area contributed by atoms with Crippen molar-refractivity contribution in [2.45, 2.75) is 37.5 Å². The van der Waals surface area contributed by atoms with E-state index in [0.29, 0.717) is 11.3 Å². The van der Waals surface area contributed by atoms with E-state index in [1.807, 2.05) is 43.0 Å². The number of guanidine groups is 1. The Morgan fingerprint density at radius 3 is 2.76 bits per heavy atom. The minimum absolute atomic E-state index is 0. The molecule has 1 saturated heterocycles. The number of nitrogens with one attached hydrogen (secondary N) is 2. The van der Waals surface area contributed by atoms with Gasteiger partial charge in [-0.1, -0.05) is 6.07 Å². The molecule has 1 aromatic rings. The number of benzene rings is 1. The van der Waals surface area contributed by atoms with Gasteiger partial charge in [0.25, 0.3) is 0 Å². The fraction of sp³-hybridized carbons (Fsp3) is 0.611. The molecule has 1 aliphatic rings. The van der Waals surface area contributed by atoms with Gasteiger partial charge in [0.2, 0.25) is 0 Å². The van der Waals surface area contributed by atoms with Crippen LogP contribution < -0.4 is 20.1 Å². The van der Waals surface area contributed by atoms with Crippen LogP contribution in [0, 0.1) is 0 Å². The van der Waals surface area contributed by atoms with E-state index in [-0.39, 0.29) is 30.1 Å². The van der Waals surface area contributed by atoms with Gasteiger partial charge in [0, 0.05) is 24.4 Å². The van der Waals surface area contributed by atoms with Crippen LogP contribution in [-0.4, -0.2) is 49.8 Å². The summed E-state index contributed by atoms with van der Waals surface area (Å²) in [7, 11) is 3.45. The lowest BCUT2D eigenvalue weighted by molar-refractivity contribution is 0.223. The predicted octanol–water partition coefficient (Wildman–Crippen LogP) is 3.53. The highest BCUT2D eigenvalue weighted by Crippen LogP contribution is 2.36. The number of hydrogen-bond acceptors (Lipinski definition) is 4. The SMILES string of the molecule is CN=C(NCC(C)Oc1cccc(OC)c1)NCC1(C)CCCS1.I. The fourth-order valence-electron chi connectivity index (χ4n) is 2.66. The number of rotatable bonds is 7. The normalized spacial score (nSPS) is 21.2. The van der Waals surface area contributed by atoms with Crippen molar-refractivity contribution in [2.75, 3.05) is 33.0 Å². The van der Waals surface area contributed by atoms with Gasteiger partial charge in [0.05, 0.1) is 13.7 Å². The highest BCUT2D eigenvalue weighted by molar-refractivity contribution is 14.0. The molecule has 5 nitrogen and oxygen atoms in total. The molecule has 1 aliphatic heterocycles. The van der Waals surface area contributed by atoms with E-state index in [0.717, 1.165) is 24.0 Å². The largest absolute Gasteiger partial charge is 0.497 e. The van der Waals surface area contributed by atoms with Crippen molar-refractivity contribution in [1.29, 1.82) is 0 Å². The van der Waals surface area contributed by atoms with Gasteiger partial charge in [0.1, 0.15) is 17.6 Å². The minimum Gasteiger partial charge on any atom is -0.497 e. The zero-order valence-corrected chi connectivity index (χ0v) is 18.6. The molecule has 0 amide bonds. The molecule has 1 fully saturated rings. The van der Waals surface area contributed by atoms with Crippen molar-refractivity contribution < 1.29 is 9.47 Å². The van der Waals surface area contributed by atoms with Gasteiger partial charge in [0.15, 0.2) is 5.96 Å². The first-order valence-corrected chi connectivity index (χ1v) is 9.42. The first-order valence-electron chi connectivity index (χ1n) is 8.44. The van der Waals surface area contributed by atoms with Crippen molar-refractivity contribution in [2.24, 2.45) is 4.99 Å². The Hall–Kier alpha value is -0.830. The molecule has 0 spiro atoms. The van der Waals surface area contributed by atoms with Crippen molar-refractivity contribution in [1.82, 2.24) is 10.6 Å². The Balaban J connectivity index is 0.00000312. The maximum absolute atomic E-state index is 5.92. The summed E-state index contributed by atoms with van der Waals surface area (Å²) in [6.07, 6.45) is 2.59.